The van der Waals surface area contributed by atoms with Crippen LogP contribution in [0.1, 0.15) is 42.9 Å². The zero-order valence-electron chi connectivity index (χ0n) is 12.5. The number of amides is 1. The summed E-state index contributed by atoms with van der Waals surface area (Å²) in [6.07, 6.45) is 1.69. The van der Waals surface area contributed by atoms with Gasteiger partial charge in [0, 0.05) is 11.8 Å². The Bertz CT molecular complexity index is 597. The first-order valence-corrected chi connectivity index (χ1v) is 7.05. The smallest absolute Gasteiger partial charge is 0.270 e. The van der Waals surface area contributed by atoms with Crippen molar-refractivity contribution in [2.24, 2.45) is 0 Å². The Hall–Kier alpha value is -2.36. The van der Waals surface area contributed by atoms with E-state index >= 15 is 0 Å². The molecule has 1 atom stereocenters. The summed E-state index contributed by atoms with van der Waals surface area (Å²) < 4.78 is 5.79. The summed E-state index contributed by atoms with van der Waals surface area (Å²) in [7, 11) is 0. The van der Waals surface area contributed by atoms with Crippen LogP contribution in [0.25, 0.3) is 0 Å². The second kappa shape index (κ2) is 6.88. The van der Waals surface area contributed by atoms with Gasteiger partial charge in [-0.25, -0.2) is 0 Å². The zero-order chi connectivity index (χ0) is 15.2. The number of rotatable bonds is 5. The maximum Gasteiger partial charge on any atom is 0.270 e. The van der Waals surface area contributed by atoms with E-state index < -0.39 is 0 Å². The molecular weight excluding hydrogens is 264 g/mol. The van der Waals surface area contributed by atoms with Crippen LogP contribution in [0.3, 0.4) is 0 Å². The quantitative estimate of drug-likeness (QED) is 0.916. The molecule has 0 saturated heterocycles. The lowest BCUT2D eigenvalue weighted by Gasteiger charge is -2.19. The molecule has 110 valence electrons. The van der Waals surface area contributed by atoms with E-state index in [0.717, 1.165) is 11.3 Å². The minimum atomic E-state index is -0.192. The molecule has 0 fully saturated rings. The molecule has 21 heavy (non-hydrogen) atoms. The zero-order valence-corrected chi connectivity index (χ0v) is 12.5. The molecule has 4 heteroatoms. The average Bonchev–Trinajstić information content (AvgIpc) is 2.48. The first kappa shape index (κ1) is 15.0. The lowest BCUT2D eigenvalue weighted by atomic mass is 10.1. The molecule has 1 heterocycles. The number of nitrogens with zero attached hydrogens (tertiary/aromatic N) is 1. The number of pyridine rings is 1. The average molecular weight is 284 g/mol. The van der Waals surface area contributed by atoms with Crippen molar-refractivity contribution in [2.75, 3.05) is 0 Å². The number of hydrogen-bond donors (Lipinski definition) is 1. The Morgan fingerprint density at radius 3 is 2.48 bits per heavy atom. The molecular formula is C17H20N2O2. The van der Waals surface area contributed by atoms with E-state index in [1.165, 1.54) is 0 Å². The highest BCUT2D eigenvalue weighted by Crippen LogP contribution is 2.25. The van der Waals surface area contributed by atoms with Crippen LogP contribution in [0.4, 0.5) is 0 Å². The highest BCUT2D eigenvalue weighted by Gasteiger charge is 2.16. The van der Waals surface area contributed by atoms with Gasteiger partial charge in [0.15, 0.2) is 0 Å². The number of carbonyl (C=O) groups excluding carboxylic acids is 1. The van der Waals surface area contributed by atoms with Gasteiger partial charge < -0.3 is 10.1 Å². The number of aromatic nitrogens is 1. The van der Waals surface area contributed by atoms with Crippen molar-refractivity contribution in [3.63, 3.8) is 0 Å². The third-order valence-corrected chi connectivity index (χ3v) is 2.99. The predicted octanol–water partition coefficient (Wildman–Crippen LogP) is 3.36. The van der Waals surface area contributed by atoms with Crippen LogP contribution in [0.15, 0.2) is 48.7 Å². The highest BCUT2D eigenvalue weighted by atomic mass is 16.5. The Morgan fingerprint density at radius 2 is 1.81 bits per heavy atom. The highest BCUT2D eigenvalue weighted by molar-refractivity contribution is 5.92. The molecule has 1 N–H and O–H groups in total. The van der Waals surface area contributed by atoms with Gasteiger partial charge in [0.25, 0.3) is 5.91 Å². The standard InChI is InChI=1S/C17H20N2O2/c1-12(2)21-16-10-5-4-8-14(16)13(3)19-17(20)15-9-6-7-11-18-15/h4-13H,1-3H3,(H,19,20)/t13-/m1/s1. The first-order valence-electron chi connectivity index (χ1n) is 7.05. The fourth-order valence-electron chi connectivity index (χ4n) is 2.04. The van der Waals surface area contributed by atoms with Crippen molar-refractivity contribution in [1.29, 1.82) is 0 Å². The van der Waals surface area contributed by atoms with Crippen LogP contribution in [-0.2, 0) is 0 Å². The van der Waals surface area contributed by atoms with Crippen molar-refractivity contribution < 1.29 is 9.53 Å². The number of benzene rings is 1. The van der Waals surface area contributed by atoms with Gasteiger partial charge in [0.1, 0.15) is 11.4 Å². The van der Waals surface area contributed by atoms with Crippen molar-refractivity contribution in [1.82, 2.24) is 10.3 Å². The monoisotopic (exact) mass is 284 g/mol. The van der Waals surface area contributed by atoms with Crippen LogP contribution < -0.4 is 10.1 Å². The number of nitrogens with one attached hydrogen (secondary N) is 1. The fourth-order valence-corrected chi connectivity index (χ4v) is 2.04. The molecule has 0 aliphatic rings. The van der Waals surface area contributed by atoms with Gasteiger partial charge in [-0.2, -0.15) is 0 Å². The predicted molar refractivity (Wildman–Crippen MR) is 82.3 cm³/mol. The molecule has 0 bridgehead atoms. The molecule has 1 aromatic carbocycles. The normalized spacial score (nSPS) is 12.0. The van der Waals surface area contributed by atoms with Gasteiger partial charge in [0.2, 0.25) is 0 Å². The van der Waals surface area contributed by atoms with Crippen molar-refractivity contribution in [3.05, 3.63) is 59.9 Å². The van der Waals surface area contributed by atoms with Crippen LogP contribution >= 0.6 is 0 Å². The van der Waals surface area contributed by atoms with Gasteiger partial charge >= 0.3 is 0 Å². The van der Waals surface area contributed by atoms with E-state index in [2.05, 4.69) is 10.3 Å². The summed E-state index contributed by atoms with van der Waals surface area (Å²) in [4.78, 5) is 16.2. The molecule has 0 aliphatic heterocycles. The number of para-hydroxylation sites is 1. The molecule has 2 aromatic rings. The maximum atomic E-state index is 12.1. The molecule has 1 amide bonds. The molecule has 0 saturated carbocycles. The van der Waals surface area contributed by atoms with Crippen molar-refractivity contribution >= 4 is 5.91 Å². The Morgan fingerprint density at radius 1 is 1.10 bits per heavy atom. The summed E-state index contributed by atoms with van der Waals surface area (Å²) in [6.45, 7) is 5.89. The van der Waals surface area contributed by atoms with Crippen LogP contribution in [0.5, 0.6) is 5.75 Å². The molecule has 4 nitrogen and oxygen atoms in total. The summed E-state index contributed by atoms with van der Waals surface area (Å²) in [5.74, 6) is 0.601. The third-order valence-electron chi connectivity index (χ3n) is 2.99. The largest absolute Gasteiger partial charge is 0.491 e. The molecule has 0 unspecified atom stereocenters. The van der Waals surface area contributed by atoms with Crippen LogP contribution in [0, 0.1) is 0 Å². The minimum absolute atomic E-state index is 0.0878. The summed E-state index contributed by atoms with van der Waals surface area (Å²) in [6, 6.07) is 12.8. The van der Waals surface area contributed by atoms with Crippen LogP contribution in [0.2, 0.25) is 0 Å². The second-order valence-electron chi connectivity index (χ2n) is 5.11. The Labute approximate surface area is 125 Å². The van der Waals surface area contributed by atoms with Crippen molar-refractivity contribution in [3.8, 4) is 5.75 Å². The molecule has 2 rings (SSSR count). The van der Waals surface area contributed by atoms with E-state index in [0.29, 0.717) is 5.69 Å². The fraction of sp³-hybridized carbons (Fsp3) is 0.294. The number of carbonyl (C=O) groups is 1. The molecule has 0 spiro atoms. The first-order chi connectivity index (χ1) is 10.1. The van der Waals surface area contributed by atoms with E-state index in [1.54, 1.807) is 24.4 Å². The third kappa shape index (κ3) is 4.05. The topological polar surface area (TPSA) is 51.2 Å². The van der Waals surface area contributed by atoms with Gasteiger partial charge in [-0.15, -0.1) is 0 Å². The van der Waals surface area contributed by atoms with E-state index in [4.69, 9.17) is 4.74 Å². The maximum absolute atomic E-state index is 12.1. The lowest BCUT2D eigenvalue weighted by molar-refractivity contribution is 0.0934. The summed E-state index contributed by atoms with van der Waals surface area (Å²) >= 11 is 0. The molecule has 0 aliphatic carbocycles. The van der Waals surface area contributed by atoms with Gasteiger partial charge in [0.05, 0.1) is 12.1 Å². The summed E-state index contributed by atoms with van der Waals surface area (Å²) in [5, 5.41) is 2.94. The second-order valence-corrected chi connectivity index (χ2v) is 5.11. The Kier molecular flexibility index (Phi) is 4.93. The van der Waals surface area contributed by atoms with Gasteiger partial charge in [-0.3, -0.25) is 9.78 Å². The van der Waals surface area contributed by atoms with Crippen LogP contribution in [-0.4, -0.2) is 17.0 Å². The van der Waals surface area contributed by atoms with Gasteiger partial charge in [-0.05, 0) is 39.0 Å². The van der Waals surface area contributed by atoms with Crippen molar-refractivity contribution in [2.45, 2.75) is 32.9 Å². The van der Waals surface area contributed by atoms with E-state index in [-0.39, 0.29) is 18.1 Å². The van der Waals surface area contributed by atoms with E-state index in [1.807, 2.05) is 45.0 Å². The molecule has 1 aromatic heterocycles. The minimum Gasteiger partial charge on any atom is -0.491 e. The molecule has 0 radical (unpaired) electrons. The summed E-state index contributed by atoms with van der Waals surface area (Å²) in [5.41, 5.74) is 1.36. The van der Waals surface area contributed by atoms with E-state index in [9.17, 15) is 4.79 Å². The number of ether oxygens (including phenoxy) is 1. The Balaban J connectivity index is 2.13. The number of hydrogen-bond acceptors (Lipinski definition) is 3. The van der Waals surface area contributed by atoms with Gasteiger partial charge in [-0.1, -0.05) is 24.3 Å². The lowest BCUT2D eigenvalue weighted by Crippen LogP contribution is -2.27. The SMILES string of the molecule is CC(C)Oc1ccccc1[C@@H](C)NC(=O)c1ccccn1.